The fourth-order valence-electron chi connectivity index (χ4n) is 4.30. The molecule has 190 valence electrons. The Labute approximate surface area is 227 Å². The van der Waals surface area contributed by atoms with Crippen molar-refractivity contribution in [3.8, 4) is 0 Å². The first-order valence-corrected chi connectivity index (χ1v) is 14.2. The molecule has 1 aromatic heterocycles. The van der Waals surface area contributed by atoms with Gasteiger partial charge in [0.1, 0.15) is 5.54 Å². The third-order valence-electron chi connectivity index (χ3n) is 6.05. The lowest BCUT2D eigenvalue weighted by Crippen LogP contribution is -2.42. The number of rotatable bonds is 8. The second-order valence-electron chi connectivity index (χ2n) is 8.67. The van der Waals surface area contributed by atoms with E-state index in [-0.39, 0.29) is 47.8 Å². The zero-order chi connectivity index (χ0) is 26.3. The molecule has 1 N–H and O–H groups in total. The summed E-state index contributed by atoms with van der Waals surface area (Å²) in [5.74, 6) is -0.726. The molecule has 1 unspecified atom stereocenters. The molecule has 4 rings (SSSR count). The number of sulfone groups is 1. The highest BCUT2D eigenvalue weighted by Gasteiger charge is 2.51. The van der Waals surface area contributed by atoms with Gasteiger partial charge in [-0.15, -0.1) is 0 Å². The molecular weight excluding hydrogens is 591 g/mol. The average Bonchev–Trinajstić information content (AvgIpc) is 3.33. The molecule has 36 heavy (non-hydrogen) atoms. The predicted octanol–water partition coefficient (Wildman–Crippen LogP) is 4.89. The Morgan fingerprint density at radius 3 is 2.39 bits per heavy atom. The molecule has 1 aliphatic rings. The Morgan fingerprint density at radius 1 is 1.14 bits per heavy atom. The molecule has 1 atom stereocenters. The van der Waals surface area contributed by atoms with Crippen molar-refractivity contribution in [3.63, 3.8) is 0 Å². The first kappa shape index (κ1) is 26.7. The summed E-state index contributed by atoms with van der Waals surface area (Å²) in [6, 6.07) is 12.2. The summed E-state index contributed by atoms with van der Waals surface area (Å²) in [7, 11) is -2.38. The number of carbonyl (C=O) groups is 2. The number of fused-ring (bicyclic) bond motifs is 1. The van der Waals surface area contributed by atoms with Crippen LogP contribution in [-0.2, 0) is 31.4 Å². The normalized spacial score (nSPS) is 17.4. The minimum atomic E-state index is -3.88. The summed E-state index contributed by atoms with van der Waals surface area (Å²) < 4.78 is 29.1. The van der Waals surface area contributed by atoms with Crippen molar-refractivity contribution in [2.24, 2.45) is 0 Å². The molecule has 0 aliphatic carbocycles. The molecule has 2 amide bonds. The molecule has 0 saturated carbocycles. The number of imidazole rings is 1. The van der Waals surface area contributed by atoms with Gasteiger partial charge in [-0.1, -0.05) is 51.3 Å². The topological polar surface area (TPSA) is 101 Å². The first-order valence-electron chi connectivity index (χ1n) is 11.0. The Hall–Kier alpha value is -2.40. The van der Waals surface area contributed by atoms with Crippen LogP contribution >= 0.6 is 39.1 Å². The van der Waals surface area contributed by atoms with Gasteiger partial charge in [0.15, 0.2) is 14.9 Å². The van der Waals surface area contributed by atoms with Crippen molar-refractivity contribution in [2.45, 2.75) is 36.8 Å². The van der Waals surface area contributed by atoms with Crippen molar-refractivity contribution < 1.29 is 18.0 Å². The van der Waals surface area contributed by atoms with Crippen LogP contribution in [0.5, 0.6) is 0 Å². The van der Waals surface area contributed by atoms with Gasteiger partial charge in [0.25, 0.3) is 5.91 Å². The van der Waals surface area contributed by atoms with E-state index in [1.165, 1.54) is 22.7 Å². The van der Waals surface area contributed by atoms with Gasteiger partial charge in [-0.05, 0) is 49.2 Å². The van der Waals surface area contributed by atoms with Crippen molar-refractivity contribution in [2.75, 3.05) is 17.7 Å². The zero-order valence-electron chi connectivity index (χ0n) is 19.5. The minimum absolute atomic E-state index is 0.0684. The summed E-state index contributed by atoms with van der Waals surface area (Å²) in [6.45, 7) is 1.69. The molecular formula is C24H23BrCl2N4O4S. The van der Waals surface area contributed by atoms with Crippen molar-refractivity contribution in [3.05, 3.63) is 68.7 Å². The van der Waals surface area contributed by atoms with Gasteiger partial charge in [0, 0.05) is 34.4 Å². The monoisotopic (exact) mass is 612 g/mol. The Kier molecular flexibility index (Phi) is 7.52. The van der Waals surface area contributed by atoms with Crippen LogP contribution in [0.25, 0.3) is 0 Å². The minimum Gasteiger partial charge on any atom is -0.359 e. The van der Waals surface area contributed by atoms with Gasteiger partial charge in [0.2, 0.25) is 11.9 Å². The van der Waals surface area contributed by atoms with Gasteiger partial charge in [-0.3, -0.25) is 14.2 Å². The molecule has 2 heterocycles. The Morgan fingerprint density at radius 2 is 1.78 bits per heavy atom. The molecule has 0 fully saturated rings. The standard InChI is InChI=1S/C24H23BrCl2N4O4S/c1-24(13-15-5-7-16(25)8-6-15)22(33)30(19-11-17(26)10-18(27)12-19)23-29-14-21(31(23)24)36(34,35)9-3-4-20(32)28-2/h5-8,10-12,14H,3-4,9,13H2,1-2H3,(H,28,32). The number of hydrogen-bond donors (Lipinski definition) is 1. The van der Waals surface area contributed by atoms with Crippen LogP contribution in [0.3, 0.4) is 0 Å². The van der Waals surface area contributed by atoms with E-state index in [0.717, 1.165) is 10.0 Å². The molecule has 3 aromatic rings. The van der Waals surface area contributed by atoms with Gasteiger partial charge >= 0.3 is 0 Å². The van der Waals surface area contributed by atoms with Crippen LogP contribution in [-0.4, -0.2) is 42.6 Å². The van der Waals surface area contributed by atoms with E-state index >= 15 is 0 Å². The molecule has 12 heteroatoms. The number of anilines is 2. The number of benzene rings is 2. The maximum Gasteiger partial charge on any atom is 0.260 e. The third-order valence-corrected chi connectivity index (χ3v) is 8.77. The fourth-order valence-corrected chi connectivity index (χ4v) is 6.59. The second-order valence-corrected chi connectivity index (χ2v) is 12.5. The van der Waals surface area contributed by atoms with Crippen LogP contribution in [0.4, 0.5) is 11.6 Å². The number of halogens is 3. The zero-order valence-corrected chi connectivity index (χ0v) is 23.4. The molecule has 0 radical (unpaired) electrons. The van der Waals surface area contributed by atoms with Gasteiger partial charge in [-0.2, -0.15) is 0 Å². The van der Waals surface area contributed by atoms with E-state index in [0.29, 0.717) is 15.7 Å². The Bertz CT molecular complexity index is 1420. The van der Waals surface area contributed by atoms with Crippen LogP contribution < -0.4 is 10.2 Å². The molecule has 2 aromatic carbocycles. The van der Waals surface area contributed by atoms with Crippen LogP contribution in [0.15, 0.2) is 58.2 Å². The Balaban J connectivity index is 1.83. The van der Waals surface area contributed by atoms with E-state index < -0.39 is 15.4 Å². The highest BCUT2D eigenvalue weighted by Crippen LogP contribution is 2.44. The first-order chi connectivity index (χ1) is 17.0. The van der Waals surface area contributed by atoms with E-state index in [9.17, 15) is 18.0 Å². The van der Waals surface area contributed by atoms with Gasteiger partial charge < -0.3 is 5.32 Å². The summed E-state index contributed by atoms with van der Waals surface area (Å²) >= 11 is 15.8. The maximum atomic E-state index is 14.0. The number of carbonyl (C=O) groups excluding carboxylic acids is 2. The lowest BCUT2D eigenvalue weighted by molar-refractivity contribution is -0.124. The number of nitrogens with zero attached hydrogens (tertiary/aromatic N) is 3. The van der Waals surface area contributed by atoms with Crippen LogP contribution in [0, 0.1) is 0 Å². The van der Waals surface area contributed by atoms with E-state index in [1.807, 2.05) is 24.3 Å². The number of hydrogen-bond acceptors (Lipinski definition) is 5. The number of nitrogens with one attached hydrogen (secondary N) is 1. The predicted molar refractivity (Wildman–Crippen MR) is 143 cm³/mol. The summed E-state index contributed by atoms with van der Waals surface area (Å²) in [5.41, 5.74) is -0.0902. The van der Waals surface area contributed by atoms with E-state index in [1.54, 1.807) is 25.1 Å². The average molecular weight is 614 g/mol. The molecule has 1 aliphatic heterocycles. The lowest BCUT2D eigenvalue weighted by Gasteiger charge is -2.26. The van der Waals surface area contributed by atoms with Crippen LogP contribution in [0.2, 0.25) is 10.0 Å². The van der Waals surface area contributed by atoms with Crippen molar-refractivity contribution in [1.29, 1.82) is 0 Å². The summed E-state index contributed by atoms with van der Waals surface area (Å²) in [6.07, 6.45) is 1.68. The number of amides is 2. The molecule has 8 nitrogen and oxygen atoms in total. The molecule has 0 bridgehead atoms. The largest absolute Gasteiger partial charge is 0.359 e. The third kappa shape index (κ3) is 5.04. The van der Waals surface area contributed by atoms with Crippen LogP contribution in [0.1, 0.15) is 25.3 Å². The fraction of sp³-hybridized carbons (Fsp3) is 0.292. The quantitative estimate of drug-likeness (QED) is 0.390. The molecule has 0 spiro atoms. The van der Waals surface area contributed by atoms with Crippen molar-refractivity contribution in [1.82, 2.24) is 14.9 Å². The van der Waals surface area contributed by atoms with E-state index in [2.05, 4.69) is 26.2 Å². The highest BCUT2D eigenvalue weighted by atomic mass is 79.9. The van der Waals surface area contributed by atoms with Crippen molar-refractivity contribution >= 4 is 72.4 Å². The van der Waals surface area contributed by atoms with Gasteiger partial charge in [-0.25, -0.2) is 18.3 Å². The summed E-state index contributed by atoms with van der Waals surface area (Å²) in [5, 5.41) is 3.05. The van der Waals surface area contributed by atoms with E-state index in [4.69, 9.17) is 23.2 Å². The molecule has 0 saturated heterocycles. The summed E-state index contributed by atoms with van der Waals surface area (Å²) in [4.78, 5) is 31.3. The van der Waals surface area contributed by atoms with Gasteiger partial charge in [0.05, 0.1) is 17.6 Å². The smallest absolute Gasteiger partial charge is 0.260 e. The maximum absolute atomic E-state index is 14.0. The lowest BCUT2D eigenvalue weighted by atomic mass is 9.92. The number of aromatic nitrogens is 2. The SMILES string of the molecule is CNC(=O)CCCS(=O)(=O)c1cnc2n1C(C)(Cc1ccc(Br)cc1)C(=O)N2c1cc(Cl)cc(Cl)c1. The highest BCUT2D eigenvalue weighted by molar-refractivity contribution is 9.10. The second kappa shape index (κ2) is 10.2.